The van der Waals surface area contributed by atoms with E-state index in [0.717, 1.165) is 22.5 Å². The lowest BCUT2D eigenvalue weighted by Gasteiger charge is -2.09. The molecule has 1 aromatic carbocycles. The van der Waals surface area contributed by atoms with Crippen LogP contribution in [0.5, 0.6) is 0 Å². The van der Waals surface area contributed by atoms with Gasteiger partial charge in [0.15, 0.2) is 5.69 Å². The van der Waals surface area contributed by atoms with Crippen molar-refractivity contribution in [2.24, 2.45) is 7.05 Å². The minimum absolute atomic E-state index is 0.425. The summed E-state index contributed by atoms with van der Waals surface area (Å²) in [6.45, 7) is 3.92. The van der Waals surface area contributed by atoms with Gasteiger partial charge in [-0.3, -0.25) is 0 Å². The number of pyridine rings is 1. The Morgan fingerprint density at radius 2 is 1.88 bits per heavy atom. The van der Waals surface area contributed by atoms with Crippen LogP contribution in [-0.4, -0.2) is 0 Å². The molecule has 0 fully saturated rings. The molecular formula is C16H20N+. The van der Waals surface area contributed by atoms with Gasteiger partial charge in [0.25, 0.3) is 0 Å². The smallest absolute Gasteiger partial charge is 0.199 e. The highest BCUT2D eigenvalue weighted by atomic mass is 14.9. The molecular weight excluding hydrogens is 206 g/mol. The third-order valence-electron chi connectivity index (χ3n) is 3.30. The standard InChI is InChI=1S/C16H20N/c1-11-9-13(3)17(5)16(10-11)15-8-6-7-12(2)14(15)4/h6-10H,1-5H3/q+1/i2D3. The van der Waals surface area contributed by atoms with E-state index in [0.29, 0.717) is 5.56 Å². The van der Waals surface area contributed by atoms with Gasteiger partial charge >= 0.3 is 0 Å². The molecule has 1 aromatic heterocycles. The molecule has 0 N–H and O–H groups in total. The van der Waals surface area contributed by atoms with E-state index in [1.807, 2.05) is 26.1 Å². The summed E-state index contributed by atoms with van der Waals surface area (Å²) in [4.78, 5) is 0. The van der Waals surface area contributed by atoms with Gasteiger partial charge in [-0.25, -0.2) is 0 Å². The monoisotopic (exact) mass is 229 g/mol. The summed E-state index contributed by atoms with van der Waals surface area (Å²) in [5.41, 5.74) is 5.61. The number of aryl methyl sites for hydroxylation is 3. The first-order valence-electron chi connectivity index (χ1n) is 7.29. The number of rotatable bonds is 1. The Hall–Kier alpha value is -1.63. The molecule has 0 aliphatic carbocycles. The average molecular weight is 229 g/mol. The maximum Gasteiger partial charge on any atom is 0.212 e. The first-order chi connectivity index (χ1) is 9.21. The molecule has 88 valence electrons. The third-order valence-corrected chi connectivity index (χ3v) is 3.30. The van der Waals surface area contributed by atoms with Crippen LogP contribution in [-0.2, 0) is 7.05 Å². The lowest BCUT2D eigenvalue weighted by molar-refractivity contribution is -0.666. The number of hydrogen-bond donors (Lipinski definition) is 0. The van der Waals surface area contributed by atoms with Gasteiger partial charge in [-0.15, -0.1) is 0 Å². The molecule has 17 heavy (non-hydrogen) atoms. The van der Waals surface area contributed by atoms with E-state index < -0.39 is 6.85 Å². The predicted molar refractivity (Wildman–Crippen MR) is 72.0 cm³/mol. The average Bonchev–Trinajstić information content (AvgIpc) is 2.33. The molecule has 0 spiro atoms. The second-order valence-corrected chi connectivity index (χ2v) is 4.60. The summed E-state index contributed by atoms with van der Waals surface area (Å²) < 4.78 is 25.0. The first kappa shape index (κ1) is 8.46. The quantitative estimate of drug-likeness (QED) is 0.660. The molecule has 0 saturated heterocycles. The number of benzene rings is 1. The van der Waals surface area contributed by atoms with Gasteiger partial charge in [0.05, 0.1) is 0 Å². The van der Waals surface area contributed by atoms with Crippen LogP contribution in [0.1, 0.15) is 26.5 Å². The van der Waals surface area contributed by atoms with Crippen molar-refractivity contribution in [3.63, 3.8) is 0 Å². The van der Waals surface area contributed by atoms with Gasteiger partial charge in [-0.2, -0.15) is 4.57 Å². The van der Waals surface area contributed by atoms with Gasteiger partial charge in [-0.05, 0) is 43.5 Å². The summed E-state index contributed by atoms with van der Waals surface area (Å²) >= 11 is 0. The van der Waals surface area contributed by atoms with Crippen LogP contribution in [0.2, 0.25) is 0 Å². The maximum absolute atomic E-state index is 7.64. The van der Waals surface area contributed by atoms with Crippen LogP contribution < -0.4 is 4.57 Å². The van der Waals surface area contributed by atoms with Gasteiger partial charge in [0, 0.05) is 28.7 Å². The van der Waals surface area contributed by atoms with Gasteiger partial charge in [0.1, 0.15) is 7.05 Å². The Kier molecular flexibility index (Phi) is 2.15. The molecule has 0 radical (unpaired) electrons. The topological polar surface area (TPSA) is 3.88 Å². The fourth-order valence-electron chi connectivity index (χ4n) is 2.14. The molecule has 2 aromatic rings. The lowest BCUT2D eigenvalue weighted by Crippen LogP contribution is -2.35. The zero-order chi connectivity index (χ0) is 15.1. The third kappa shape index (κ3) is 2.10. The summed E-state index contributed by atoms with van der Waals surface area (Å²) in [5, 5.41) is 0. The zero-order valence-electron chi connectivity index (χ0n) is 13.8. The molecule has 0 atom stereocenters. The van der Waals surface area contributed by atoms with Crippen molar-refractivity contribution in [1.29, 1.82) is 0 Å². The minimum atomic E-state index is -2.07. The highest BCUT2D eigenvalue weighted by Gasteiger charge is 2.15. The Labute approximate surface area is 108 Å². The van der Waals surface area contributed by atoms with Crippen molar-refractivity contribution in [1.82, 2.24) is 0 Å². The second kappa shape index (κ2) is 4.33. The summed E-state index contributed by atoms with van der Waals surface area (Å²) in [7, 11) is 2.01. The van der Waals surface area contributed by atoms with Crippen molar-refractivity contribution in [2.75, 3.05) is 0 Å². The summed E-state index contributed by atoms with van der Waals surface area (Å²) in [6, 6.07) is 9.71. The van der Waals surface area contributed by atoms with E-state index in [1.165, 1.54) is 5.56 Å². The van der Waals surface area contributed by atoms with E-state index >= 15 is 0 Å². The molecule has 0 aliphatic heterocycles. The van der Waals surface area contributed by atoms with Crippen LogP contribution in [0.3, 0.4) is 0 Å². The number of hydrogen-bond acceptors (Lipinski definition) is 0. The highest BCUT2D eigenvalue weighted by Crippen LogP contribution is 2.23. The molecule has 1 nitrogen and oxygen atoms in total. The van der Waals surface area contributed by atoms with Gasteiger partial charge in [0.2, 0.25) is 5.69 Å². The normalized spacial score (nSPS) is 14.0. The van der Waals surface area contributed by atoms with Crippen molar-refractivity contribution in [2.45, 2.75) is 27.6 Å². The van der Waals surface area contributed by atoms with Crippen LogP contribution >= 0.6 is 0 Å². The zero-order valence-corrected chi connectivity index (χ0v) is 10.8. The number of aromatic nitrogens is 1. The minimum Gasteiger partial charge on any atom is -0.199 e. The van der Waals surface area contributed by atoms with Crippen molar-refractivity contribution in [3.8, 4) is 11.3 Å². The molecule has 0 bridgehead atoms. The lowest BCUT2D eigenvalue weighted by atomic mass is 9.99. The van der Waals surface area contributed by atoms with E-state index in [9.17, 15) is 0 Å². The molecule has 0 saturated carbocycles. The van der Waals surface area contributed by atoms with E-state index in [1.54, 1.807) is 6.07 Å². The van der Waals surface area contributed by atoms with Crippen molar-refractivity contribution in [3.05, 3.63) is 52.7 Å². The Bertz CT molecular complexity index is 658. The molecule has 1 heteroatoms. The Morgan fingerprint density at radius 3 is 2.59 bits per heavy atom. The summed E-state index contributed by atoms with van der Waals surface area (Å²) in [5.74, 6) is 0. The Morgan fingerprint density at radius 1 is 1.12 bits per heavy atom. The molecule has 2 rings (SSSR count). The maximum atomic E-state index is 7.64. The molecule has 0 aliphatic rings. The van der Waals surface area contributed by atoms with Crippen LogP contribution in [0.15, 0.2) is 30.3 Å². The first-order valence-corrected chi connectivity index (χ1v) is 5.79. The summed E-state index contributed by atoms with van der Waals surface area (Å²) in [6.07, 6.45) is 0. The molecule has 1 heterocycles. The van der Waals surface area contributed by atoms with E-state index in [2.05, 4.69) is 30.5 Å². The second-order valence-electron chi connectivity index (χ2n) is 4.60. The molecule has 0 amide bonds. The Balaban J connectivity index is 2.72. The largest absolute Gasteiger partial charge is 0.212 e. The SMILES string of the molecule is [2H]C([2H])([2H])c1cccc(-c2cc(C)cc(C)[n+]2C)c1C. The van der Waals surface area contributed by atoms with E-state index in [-0.39, 0.29) is 0 Å². The van der Waals surface area contributed by atoms with Crippen LogP contribution in [0, 0.1) is 27.6 Å². The number of nitrogens with zero attached hydrogens (tertiary/aromatic N) is 1. The van der Waals surface area contributed by atoms with Crippen molar-refractivity contribution < 1.29 is 8.68 Å². The van der Waals surface area contributed by atoms with Crippen molar-refractivity contribution >= 4 is 0 Å². The van der Waals surface area contributed by atoms with Crippen LogP contribution in [0.25, 0.3) is 11.3 Å². The fraction of sp³-hybridized carbons (Fsp3) is 0.312. The highest BCUT2D eigenvalue weighted by molar-refractivity contribution is 5.63. The molecule has 0 unspecified atom stereocenters. The van der Waals surface area contributed by atoms with Gasteiger partial charge in [-0.1, -0.05) is 12.1 Å². The fourth-order valence-corrected chi connectivity index (χ4v) is 2.14. The van der Waals surface area contributed by atoms with E-state index in [4.69, 9.17) is 4.11 Å². The predicted octanol–water partition coefficient (Wildman–Crippen LogP) is 3.41. The van der Waals surface area contributed by atoms with Gasteiger partial charge < -0.3 is 0 Å². The van der Waals surface area contributed by atoms with Crippen LogP contribution in [0.4, 0.5) is 0 Å².